The molecule has 88 valence electrons. The summed E-state index contributed by atoms with van der Waals surface area (Å²) in [5.41, 5.74) is 1.63. The van der Waals surface area contributed by atoms with Crippen molar-refractivity contribution in [2.24, 2.45) is 0 Å². The molecule has 0 aliphatic carbocycles. The molecule has 0 amide bonds. The Balaban J connectivity index is 2.03. The molecule has 0 aromatic heterocycles. The Hall–Kier alpha value is -2.40. The van der Waals surface area contributed by atoms with E-state index in [4.69, 9.17) is 0 Å². The van der Waals surface area contributed by atoms with Crippen LogP contribution in [0.3, 0.4) is 0 Å². The molecule has 0 saturated heterocycles. The van der Waals surface area contributed by atoms with E-state index in [9.17, 15) is 8.78 Å². The molecule has 0 N–H and O–H groups in total. The van der Waals surface area contributed by atoms with Gasteiger partial charge in [0.05, 0.1) is 0 Å². The van der Waals surface area contributed by atoms with Crippen LogP contribution < -0.4 is 0 Å². The largest absolute Gasteiger partial charge is 0.207 e. The first-order valence-corrected chi connectivity index (χ1v) is 5.43. The first-order valence-electron chi connectivity index (χ1n) is 5.43. The fraction of sp³-hybridized carbons (Fsp3) is 0. The van der Waals surface area contributed by atoms with E-state index in [1.54, 1.807) is 36.4 Å². The second-order valence-corrected chi connectivity index (χ2v) is 3.66. The van der Waals surface area contributed by atoms with Gasteiger partial charge in [0.15, 0.2) is 0 Å². The molecular formula is C16H10F2. The van der Waals surface area contributed by atoms with E-state index in [0.717, 1.165) is 11.1 Å². The van der Waals surface area contributed by atoms with Gasteiger partial charge in [-0.2, -0.15) is 0 Å². The van der Waals surface area contributed by atoms with Crippen LogP contribution >= 0.6 is 0 Å². The third-order valence-electron chi connectivity index (χ3n) is 2.29. The Morgan fingerprint density at radius 3 is 1.94 bits per heavy atom. The van der Waals surface area contributed by atoms with Crippen molar-refractivity contribution in [3.63, 3.8) is 0 Å². The maximum absolute atomic E-state index is 12.6. The van der Waals surface area contributed by atoms with Crippen LogP contribution in [0.15, 0.2) is 54.6 Å². The van der Waals surface area contributed by atoms with Gasteiger partial charge >= 0.3 is 0 Å². The van der Waals surface area contributed by atoms with Crippen molar-refractivity contribution in [1.82, 2.24) is 0 Å². The number of benzene rings is 2. The van der Waals surface area contributed by atoms with E-state index in [-0.39, 0.29) is 11.6 Å². The number of rotatable bonds is 1. The lowest BCUT2D eigenvalue weighted by Crippen LogP contribution is -1.75. The highest BCUT2D eigenvalue weighted by Gasteiger charge is 1.88. The lowest BCUT2D eigenvalue weighted by molar-refractivity contribution is 0.627. The highest BCUT2D eigenvalue weighted by Crippen LogP contribution is 2.04. The van der Waals surface area contributed by atoms with Crippen molar-refractivity contribution < 1.29 is 8.78 Å². The van der Waals surface area contributed by atoms with Gasteiger partial charge < -0.3 is 0 Å². The van der Waals surface area contributed by atoms with E-state index < -0.39 is 0 Å². The Bertz CT molecular complexity index is 596. The third-order valence-corrected chi connectivity index (χ3v) is 2.29. The van der Waals surface area contributed by atoms with E-state index in [0.29, 0.717) is 0 Å². The lowest BCUT2D eigenvalue weighted by atomic mass is 10.2. The minimum Gasteiger partial charge on any atom is -0.207 e. The first kappa shape index (κ1) is 12.1. The van der Waals surface area contributed by atoms with E-state index >= 15 is 0 Å². The predicted molar refractivity (Wildman–Crippen MR) is 68.7 cm³/mol. The molecule has 2 aromatic carbocycles. The maximum Gasteiger partial charge on any atom is 0.123 e. The van der Waals surface area contributed by atoms with Crippen molar-refractivity contribution in [3.8, 4) is 11.8 Å². The van der Waals surface area contributed by atoms with Gasteiger partial charge in [-0.25, -0.2) is 8.78 Å². The van der Waals surface area contributed by atoms with Gasteiger partial charge in [-0.1, -0.05) is 24.0 Å². The summed E-state index contributed by atoms with van der Waals surface area (Å²) in [7, 11) is 0. The molecule has 0 unspecified atom stereocenters. The van der Waals surface area contributed by atoms with Crippen molar-refractivity contribution in [3.05, 3.63) is 77.4 Å². The fourth-order valence-corrected chi connectivity index (χ4v) is 1.37. The molecule has 0 aliphatic rings. The predicted octanol–water partition coefficient (Wildman–Crippen LogP) is 4.03. The molecule has 0 aliphatic heterocycles. The number of hydrogen-bond donors (Lipinski definition) is 0. The van der Waals surface area contributed by atoms with Gasteiger partial charge in [-0.15, -0.1) is 0 Å². The van der Waals surface area contributed by atoms with E-state index in [1.165, 1.54) is 24.3 Å². The summed E-state index contributed by atoms with van der Waals surface area (Å²) in [5, 5.41) is 0. The summed E-state index contributed by atoms with van der Waals surface area (Å²) in [6.45, 7) is 0. The summed E-state index contributed by atoms with van der Waals surface area (Å²) >= 11 is 0. The van der Waals surface area contributed by atoms with Gasteiger partial charge in [0.25, 0.3) is 0 Å². The van der Waals surface area contributed by atoms with Crippen LogP contribution in [0.2, 0.25) is 0 Å². The molecule has 2 rings (SSSR count). The van der Waals surface area contributed by atoms with Crippen molar-refractivity contribution in [2.45, 2.75) is 0 Å². The molecule has 0 spiro atoms. The monoisotopic (exact) mass is 240 g/mol. The minimum absolute atomic E-state index is 0.260. The van der Waals surface area contributed by atoms with Crippen LogP contribution in [-0.2, 0) is 0 Å². The molecule has 0 saturated carbocycles. The zero-order valence-electron chi connectivity index (χ0n) is 9.53. The number of hydrogen-bond acceptors (Lipinski definition) is 0. The standard InChI is InChI=1S/C16H10F2/c17-15-9-5-13(6-10-15)3-1-2-4-14-7-11-16(18)12-8-14/h1,3,5-12H. The SMILES string of the molecule is Fc1ccc(C#CC=Cc2ccc(F)cc2)cc1. The topological polar surface area (TPSA) is 0 Å². The van der Waals surface area contributed by atoms with Crippen LogP contribution in [0, 0.1) is 23.5 Å². The van der Waals surface area contributed by atoms with Crippen LogP contribution in [-0.4, -0.2) is 0 Å². The van der Waals surface area contributed by atoms with Gasteiger partial charge in [-0.3, -0.25) is 0 Å². The van der Waals surface area contributed by atoms with Crippen LogP contribution in [0.1, 0.15) is 11.1 Å². The first-order chi connectivity index (χ1) is 8.74. The summed E-state index contributed by atoms with van der Waals surface area (Å²) in [6.07, 6.45) is 3.46. The Labute approximate surface area is 105 Å². The van der Waals surface area contributed by atoms with Crippen LogP contribution in [0.25, 0.3) is 6.08 Å². The smallest absolute Gasteiger partial charge is 0.123 e. The number of halogens is 2. The third kappa shape index (κ3) is 3.57. The molecular weight excluding hydrogens is 230 g/mol. The second-order valence-electron chi connectivity index (χ2n) is 3.66. The van der Waals surface area contributed by atoms with Crippen molar-refractivity contribution in [1.29, 1.82) is 0 Å². The van der Waals surface area contributed by atoms with Crippen molar-refractivity contribution >= 4 is 6.08 Å². The molecule has 0 bridgehead atoms. The molecule has 2 aromatic rings. The average molecular weight is 240 g/mol. The quantitative estimate of drug-likeness (QED) is 0.660. The van der Waals surface area contributed by atoms with Crippen LogP contribution in [0.4, 0.5) is 8.78 Å². The van der Waals surface area contributed by atoms with E-state index in [2.05, 4.69) is 11.8 Å². The Morgan fingerprint density at radius 2 is 1.33 bits per heavy atom. The molecule has 0 nitrogen and oxygen atoms in total. The van der Waals surface area contributed by atoms with E-state index in [1.807, 2.05) is 0 Å². The van der Waals surface area contributed by atoms with Gasteiger partial charge in [0, 0.05) is 5.56 Å². The normalized spacial score (nSPS) is 10.1. The van der Waals surface area contributed by atoms with Gasteiger partial charge in [0.1, 0.15) is 11.6 Å². The molecule has 2 heteroatoms. The summed E-state index contributed by atoms with van der Waals surface area (Å²) in [4.78, 5) is 0. The van der Waals surface area contributed by atoms with Gasteiger partial charge in [0.2, 0.25) is 0 Å². The molecule has 0 radical (unpaired) electrons. The molecule has 18 heavy (non-hydrogen) atoms. The highest BCUT2D eigenvalue weighted by atomic mass is 19.1. The van der Waals surface area contributed by atoms with Crippen molar-refractivity contribution in [2.75, 3.05) is 0 Å². The summed E-state index contributed by atoms with van der Waals surface area (Å²) in [6, 6.07) is 12.1. The fourth-order valence-electron chi connectivity index (χ4n) is 1.37. The number of allylic oxidation sites excluding steroid dienone is 1. The Kier molecular flexibility index (Phi) is 3.88. The maximum atomic E-state index is 12.6. The summed E-state index contributed by atoms with van der Waals surface area (Å²) < 4.78 is 25.3. The molecule has 0 heterocycles. The second kappa shape index (κ2) is 5.79. The molecule has 0 atom stereocenters. The highest BCUT2D eigenvalue weighted by molar-refractivity contribution is 5.53. The van der Waals surface area contributed by atoms with Gasteiger partial charge in [-0.05, 0) is 54.1 Å². The average Bonchev–Trinajstić information content (AvgIpc) is 2.39. The zero-order chi connectivity index (χ0) is 12.8. The minimum atomic E-state index is -0.276. The zero-order valence-corrected chi connectivity index (χ0v) is 9.53. The molecule has 0 fully saturated rings. The van der Waals surface area contributed by atoms with Crippen LogP contribution in [0.5, 0.6) is 0 Å². The summed E-state index contributed by atoms with van der Waals surface area (Å²) in [5.74, 6) is 5.18. The lowest BCUT2D eigenvalue weighted by Gasteiger charge is -1.90. The Morgan fingerprint density at radius 1 is 0.778 bits per heavy atom.